The van der Waals surface area contributed by atoms with Gasteiger partial charge in [-0.15, -0.1) is 0 Å². The van der Waals surface area contributed by atoms with Crippen LogP contribution in [0.1, 0.15) is 24.2 Å². The standard InChI is InChI=1S/C18H18FIN2O2/c1-12(2)22(18(24)13-3-7-15(20)8-4-13)11-17(23)21-16-9-5-14(19)6-10-16/h3-10,12H,11H2,1-2H3,(H,21,23). The Morgan fingerprint density at radius 2 is 1.67 bits per heavy atom. The zero-order valence-electron chi connectivity index (χ0n) is 13.4. The summed E-state index contributed by atoms with van der Waals surface area (Å²) < 4.78 is 13.9. The van der Waals surface area contributed by atoms with Gasteiger partial charge in [-0.25, -0.2) is 4.39 Å². The molecule has 0 aromatic heterocycles. The Kier molecular flexibility index (Phi) is 6.30. The number of anilines is 1. The van der Waals surface area contributed by atoms with Crippen molar-refractivity contribution < 1.29 is 14.0 Å². The van der Waals surface area contributed by atoms with Gasteiger partial charge in [0.25, 0.3) is 5.91 Å². The van der Waals surface area contributed by atoms with Gasteiger partial charge in [0.2, 0.25) is 5.91 Å². The predicted molar refractivity (Wildman–Crippen MR) is 100 cm³/mol. The molecule has 0 saturated carbocycles. The maximum Gasteiger partial charge on any atom is 0.254 e. The second kappa shape index (κ2) is 8.23. The fourth-order valence-corrected chi connectivity index (χ4v) is 2.50. The zero-order valence-corrected chi connectivity index (χ0v) is 15.6. The van der Waals surface area contributed by atoms with Crippen molar-refractivity contribution >= 4 is 40.1 Å². The van der Waals surface area contributed by atoms with Gasteiger partial charge in [-0.05, 0) is 85.0 Å². The first kappa shape index (κ1) is 18.4. The number of carbonyl (C=O) groups is 2. The largest absolute Gasteiger partial charge is 0.327 e. The predicted octanol–water partition coefficient (Wildman–Crippen LogP) is 3.92. The molecular formula is C18H18FIN2O2. The van der Waals surface area contributed by atoms with Crippen LogP contribution in [0.4, 0.5) is 10.1 Å². The fourth-order valence-electron chi connectivity index (χ4n) is 2.14. The van der Waals surface area contributed by atoms with Crippen molar-refractivity contribution in [2.24, 2.45) is 0 Å². The van der Waals surface area contributed by atoms with Gasteiger partial charge in [-0.1, -0.05) is 0 Å². The van der Waals surface area contributed by atoms with E-state index in [0.717, 1.165) is 3.57 Å². The number of amides is 2. The summed E-state index contributed by atoms with van der Waals surface area (Å²) >= 11 is 2.17. The first-order chi connectivity index (χ1) is 11.4. The third-order valence-corrected chi connectivity index (χ3v) is 4.14. The molecule has 0 aliphatic heterocycles. The molecule has 0 bridgehead atoms. The zero-order chi connectivity index (χ0) is 17.7. The maximum absolute atomic E-state index is 12.9. The normalized spacial score (nSPS) is 10.5. The average Bonchev–Trinajstić information content (AvgIpc) is 2.54. The molecule has 0 saturated heterocycles. The number of carbonyl (C=O) groups excluding carboxylic acids is 2. The smallest absolute Gasteiger partial charge is 0.254 e. The summed E-state index contributed by atoms with van der Waals surface area (Å²) in [5.41, 5.74) is 1.03. The van der Waals surface area contributed by atoms with Crippen molar-refractivity contribution in [3.8, 4) is 0 Å². The molecule has 0 heterocycles. The molecule has 4 nitrogen and oxygen atoms in total. The molecule has 1 N–H and O–H groups in total. The highest BCUT2D eigenvalue weighted by Gasteiger charge is 2.21. The minimum atomic E-state index is -0.370. The highest BCUT2D eigenvalue weighted by Crippen LogP contribution is 2.13. The van der Waals surface area contributed by atoms with E-state index in [2.05, 4.69) is 27.9 Å². The minimum absolute atomic E-state index is 0.0696. The van der Waals surface area contributed by atoms with E-state index in [9.17, 15) is 14.0 Å². The number of hydrogen-bond donors (Lipinski definition) is 1. The van der Waals surface area contributed by atoms with Crippen molar-refractivity contribution in [3.63, 3.8) is 0 Å². The Bertz CT molecular complexity index is 715. The van der Waals surface area contributed by atoms with E-state index in [1.807, 2.05) is 26.0 Å². The molecule has 2 amide bonds. The molecule has 2 aromatic carbocycles. The van der Waals surface area contributed by atoms with Crippen LogP contribution in [0.5, 0.6) is 0 Å². The van der Waals surface area contributed by atoms with E-state index >= 15 is 0 Å². The molecule has 2 rings (SSSR count). The van der Waals surface area contributed by atoms with Gasteiger partial charge in [0.05, 0.1) is 0 Å². The number of hydrogen-bond acceptors (Lipinski definition) is 2. The number of halogens is 2. The van der Waals surface area contributed by atoms with Gasteiger partial charge in [0, 0.05) is 20.9 Å². The van der Waals surface area contributed by atoms with Crippen LogP contribution >= 0.6 is 22.6 Å². The summed E-state index contributed by atoms with van der Waals surface area (Å²) in [7, 11) is 0. The summed E-state index contributed by atoms with van der Waals surface area (Å²) in [6.45, 7) is 3.64. The Morgan fingerprint density at radius 1 is 1.08 bits per heavy atom. The van der Waals surface area contributed by atoms with Crippen molar-refractivity contribution in [3.05, 3.63) is 63.5 Å². The highest BCUT2D eigenvalue weighted by molar-refractivity contribution is 14.1. The minimum Gasteiger partial charge on any atom is -0.327 e. The van der Waals surface area contributed by atoms with Gasteiger partial charge in [-0.2, -0.15) is 0 Å². The molecule has 0 aliphatic carbocycles. The molecule has 0 aliphatic rings. The molecule has 24 heavy (non-hydrogen) atoms. The molecule has 2 aromatic rings. The number of benzene rings is 2. The van der Waals surface area contributed by atoms with E-state index in [-0.39, 0.29) is 30.2 Å². The third-order valence-electron chi connectivity index (χ3n) is 3.42. The number of rotatable bonds is 5. The lowest BCUT2D eigenvalue weighted by Crippen LogP contribution is -2.42. The van der Waals surface area contributed by atoms with Crippen LogP contribution in [0.15, 0.2) is 48.5 Å². The van der Waals surface area contributed by atoms with E-state index in [1.54, 1.807) is 12.1 Å². The molecule has 0 unspecified atom stereocenters. The van der Waals surface area contributed by atoms with Crippen LogP contribution in [-0.2, 0) is 4.79 Å². The van der Waals surface area contributed by atoms with E-state index in [0.29, 0.717) is 11.3 Å². The molecular weight excluding hydrogens is 422 g/mol. The third kappa shape index (κ3) is 5.02. The van der Waals surface area contributed by atoms with Crippen LogP contribution in [-0.4, -0.2) is 29.3 Å². The van der Waals surface area contributed by atoms with Gasteiger partial charge < -0.3 is 10.2 Å². The molecule has 0 radical (unpaired) electrons. The molecule has 126 valence electrons. The monoisotopic (exact) mass is 440 g/mol. The first-order valence-electron chi connectivity index (χ1n) is 7.49. The Labute approximate surface area is 154 Å². The Hall–Kier alpha value is -1.96. The second-order valence-corrected chi connectivity index (χ2v) is 6.83. The van der Waals surface area contributed by atoms with Crippen molar-refractivity contribution in [1.82, 2.24) is 4.90 Å². The van der Waals surface area contributed by atoms with Crippen LogP contribution in [0, 0.1) is 9.39 Å². The van der Waals surface area contributed by atoms with Gasteiger partial charge in [0.15, 0.2) is 0 Å². The van der Waals surface area contributed by atoms with Crippen molar-refractivity contribution in [2.75, 3.05) is 11.9 Å². The lowest BCUT2D eigenvalue weighted by molar-refractivity contribution is -0.117. The van der Waals surface area contributed by atoms with Crippen molar-refractivity contribution in [1.29, 1.82) is 0 Å². The maximum atomic E-state index is 12.9. The summed E-state index contributed by atoms with van der Waals surface area (Å²) in [6.07, 6.45) is 0. The van der Waals surface area contributed by atoms with Gasteiger partial charge >= 0.3 is 0 Å². The Balaban J connectivity index is 2.07. The number of nitrogens with one attached hydrogen (secondary N) is 1. The highest BCUT2D eigenvalue weighted by atomic mass is 127. The van der Waals surface area contributed by atoms with Gasteiger partial charge in [0.1, 0.15) is 12.4 Å². The topological polar surface area (TPSA) is 49.4 Å². The summed E-state index contributed by atoms with van der Waals surface area (Å²) in [6, 6.07) is 12.6. The SMILES string of the molecule is CC(C)N(CC(=O)Nc1ccc(F)cc1)C(=O)c1ccc(I)cc1. The number of nitrogens with zero attached hydrogens (tertiary/aromatic N) is 1. The molecule has 0 atom stereocenters. The molecule has 6 heteroatoms. The quantitative estimate of drug-likeness (QED) is 0.717. The summed E-state index contributed by atoms with van der Waals surface area (Å²) in [5, 5.41) is 2.67. The lowest BCUT2D eigenvalue weighted by Gasteiger charge is -2.26. The lowest BCUT2D eigenvalue weighted by atomic mass is 10.1. The molecule has 0 spiro atoms. The van der Waals surface area contributed by atoms with E-state index < -0.39 is 0 Å². The van der Waals surface area contributed by atoms with Crippen molar-refractivity contribution in [2.45, 2.75) is 19.9 Å². The van der Waals surface area contributed by atoms with Gasteiger partial charge in [-0.3, -0.25) is 9.59 Å². The van der Waals surface area contributed by atoms with Crippen LogP contribution in [0.25, 0.3) is 0 Å². The average molecular weight is 440 g/mol. The summed E-state index contributed by atoms with van der Waals surface area (Å²) in [5.74, 6) is -0.893. The van der Waals surface area contributed by atoms with Crippen LogP contribution in [0.3, 0.4) is 0 Å². The fraction of sp³-hybridized carbons (Fsp3) is 0.222. The van der Waals surface area contributed by atoms with Crippen LogP contribution < -0.4 is 5.32 Å². The van der Waals surface area contributed by atoms with Crippen LogP contribution in [0.2, 0.25) is 0 Å². The second-order valence-electron chi connectivity index (χ2n) is 5.59. The first-order valence-corrected chi connectivity index (χ1v) is 8.56. The Morgan fingerprint density at radius 3 is 2.21 bits per heavy atom. The van der Waals surface area contributed by atoms with E-state index in [4.69, 9.17) is 0 Å². The molecule has 0 fully saturated rings. The summed E-state index contributed by atoms with van der Waals surface area (Å²) in [4.78, 5) is 26.3. The van der Waals surface area contributed by atoms with E-state index in [1.165, 1.54) is 29.2 Å².